The first-order valence-electron chi connectivity index (χ1n) is 6.93. The fourth-order valence-corrected chi connectivity index (χ4v) is 2.61. The van der Waals surface area contributed by atoms with E-state index in [1.807, 2.05) is 13.8 Å². The smallest absolute Gasteiger partial charge is 0.115 e. The topological polar surface area (TPSA) is 84.5 Å². The summed E-state index contributed by atoms with van der Waals surface area (Å²) in [5, 5.41) is 17.3. The Morgan fingerprint density at radius 3 is 1.70 bits per heavy atom. The molecule has 0 bridgehead atoms. The highest BCUT2D eigenvalue weighted by molar-refractivity contribution is 4.97. The minimum atomic E-state index is -0.150. The lowest BCUT2D eigenvalue weighted by atomic mass is 10.1. The van der Waals surface area contributed by atoms with Gasteiger partial charge in [0, 0.05) is 0 Å². The molecule has 2 heterocycles. The first-order chi connectivity index (χ1) is 9.65. The quantitative estimate of drug-likeness (QED) is 0.726. The van der Waals surface area contributed by atoms with Gasteiger partial charge in [-0.25, -0.2) is 0 Å². The summed E-state index contributed by atoms with van der Waals surface area (Å²) in [6.45, 7) is 4.65. The Bertz CT molecular complexity index is 365. The van der Waals surface area contributed by atoms with Crippen LogP contribution in [-0.4, -0.2) is 49.8 Å². The minimum absolute atomic E-state index is 0.131. The van der Waals surface area contributed by atoms with Crippen molar-refractivity contribution in [3.8, 4) is 12.1 Å². The van der Waals surface area contributed by atoms with Gasteiger partial charge >= 0.3 is 0 Å². The van der Waals surface area contributed by atoms with Crippen LogP contribution < -0.4 is 0 Å². The van der Waals surface area contributed by atoms with E-state index in [9.17, 15) is 0 Å². The van der Waals surface area contributed by atoms with Gasteiger partial charge in [0.25, 0.3) is 0 Å². The average molecular weight is 280 g/mol. The highest BCUT2D eigenvalue weighted by Crippen LogP contribution is 2.32. The number of rotatable bonds is 6. The number of ether oxygens (including phenoxy) is 4. The molecule has 0 amide bonds. The van der Waals surface area contributed by atoms with Crippen LogP contribution in [0.25, 0.3) is 0 Å². The van der Waals surface area contributed by atoms with E-state index >= 15 is 0 Å². The van der Waals surface area contributed by atoms with Gasteiger partial charge in [-0.15, -0.1) is 0 Å². The van der Waals surface area contributed by atoms with E-state index < -0.39 is 0 Å². The highest BCUT2D eigenvalue weighted by Gasteiger charge is 2.49. The van der Waals surface area contributed by atoms with Crippen molar-refractivity contribution in [1.29, 1.82) is 10.5 Å². The molecule has 2 aliphatic heterocycles. The third-order valence-corrected chi connectivity index (χ3v) is 3.53. The molecule has 110 valence electrons. The fourth-order valence-electron chi connectivity index (χ4n) is 2.61. The van der Waals surface area contributed by atoms with E-state index in [1.165, 1.54) is 0 Å². The van der Waals surface area contributed by atoms with Crippen LogP contribution in [0.4, 0.5) is 0 Å². The predicted octanol–water partition coefficient (Wildman–Crippen LogP) is 1.16. The zero-order chi connectivity index (χ0) is 14.5. The summed E-state index contributed by atoms with van der Waals surface area (Å²) in [5.41, 5.74) is 0. The van der Waals surface area contributed by atoms with Crippen LogP contribution in [0.5, 0.6) is 0 Å². The molecule has 6 heteroatoms. The molecule has 0 N–H and O–H groups in total. The molecule has 2 aliphatic rings. The summed E-state index contributed by atoms with van der Waals surface area (Å²) < 4.78 is 23.0. The second-order valence-electron chi connectivity index (χ2n) is 5.29. The molecule has 0 aromatic heterocycles. The fraction of sp³-hybridized carbons (Fsp3) is 0.857. The van der Waals surface area contributed by atoms with Crippen molar-refractivity contribution < 1.29 is 18.9 Å². The molecule has 0 radical (unpaired) electrons. The summed E-state index contributed by atoms with van der Waals surface area (Å²) >= 11 is 0. The van der Waals surface area contributed by atoms with Crippen LogP contribution in [0.2, 0.25) is 0 Å². The van der Waals surface area contributed by atoms with Crippen LogP contribution in [0.3, 0.4) is 0 Å². The third-order valence-electron chi connectivity index (χ3n) is 3.53. The zero-order valence-corrected chi connectivity index (χ0v) is 11.8. The van der Waals surface area contributed by atoms with Gasteiger partial charge in [-0.2, -0.15) is 10.5 Å². The normalized spacial score (nSPS) is 35.0. The predicted molar refractivity (Wildman–Crippen MR) is 68.6 cm³/mol. The van der Waals surface area contributed by atoms with Crippen molar-refractivity contribution in [2.75, 3.05) is 13.2 Å². The van der Waals surface area contributed by atoms with E-state index in [0.29, 0.717) is 26.1 Å². The molecule has 2 saturated heterocycles. The van der Waals surface area contributed by atoms with Crippen LogP contribution >= 0.6 is 0 Å². The molecule has 5 unspecified atom stereocenters. The largest absolute Gasteiger partial charge is 0.370 e. The highest BCUT2D eigenvalue weighted by atomic mass is 16.6. The molecule has 0 aromatic rings. The van der Waals surface area contributed by atoms with E-state index in [2.05, 4.69) is 12.1 Å². The Hall–Kier alpha value is -1.18. The minimum Gasteiger partial charge on any atom is -0.370 e. The maximum atomic E-state index is 8.65. The number of fused-ring (bicyclic) bond motifs is 1. The molecule has 0 aromatic carbocycles. The molecule has 2 rings (SSSR count). The maximum Gasteiger partial charge on any atom is 0.115 e. The van der Waals surface area contributed by atoms with Crippen LogP contribution in [0, 0.1) is 22.7 Å². The first kappa shape index (κ1) is 15.2. The Labute approximate surface area is 119 Å². The van der Waals surface area contributed by atoms with Crippen molar-refractivity contribution in [3.05, 3.63) is 0 Å². The van der Waals surface area contributed by atoms with Crippen molar-refractivity contribution >= 4 is 0 Å². The number of hydrogen-bond acceptors (Lipinski definition) is 6. The summed E-state index contributed by atoms with van der Waals surface area (Å²) in [4.78, 5) is 0. The van der Waals surface area contributed by atoms with Crippen LogP contribution in [0.15, 0.2) is 0 Å². The lowest BCUT2D eigenvalue weighted by molar-refractivity contribution is -0.0793. The Kier molecular flexibility index (Phi) is 5.33. The first-order valence-corrected chi connectivity index (χ1v) is 6.93. The van der Waals surface area contributed by atoms with Gasteiger partial charge < -0.3 is 18.9 Å². The van der Waals surface area contributed by atoms with Crippen molar-refractivity contribution in [1.82, 2.24) is 0 Å². The number of hydrogen-bond donors (Lipinski definition) is 0. The average Bonchev–Trinajstić information content (AvgIpc) is 2.95. The number of nitriles is 2. The van der Waals surface area contributed by atoms with Gasteiger partial charge in [-0.1, -0.05) is 0 Å². The van der Waals surface area contributed by atoms with Crippen molar-refractivity contribution in [2.24, 2.45) is 0 Å². The zero-order valence-electron chi connectivity index (χ0n) is 11.8. The van der Waals surface area contributed by atoms with Gasteiger partial charge in [0.1, 0.15) is 24.4 Å². The van der Waals surface area contributed by atoms with Crippen molar-refractivity contribution in [2.45, 2.75) is 63.3 Å². The molecule has 6 atom stereocenters. The monoisotopic (exact) mass is 280 g/mol. The van der Waals surface area contributed by atoms with Gasteiger partial charge in [-0.3, -0.25) is 0 Å². The molecular weight excluding hydrogens is 260 g/mol. The van der Waals surface area contributed by atoms with E-state index in [1.54, 1.807) is 0 Å². The Morgan fingerprint density at radius 2 is 1.35 bits per heavy atom. The molecule has 2 fully saturated rings. The van der Waals surface area contributed by atoms with Gasteiger partial charge in [0.15, 0.2) is 0 Å². The maximum absolute atomic E-state index is 8.65. The van der Waals surface area contributed by atoms with Gasteiger partial charge in [-0.05, 0) is 13.8 Å². The Morgan fingerprint density at radius 1 is 0.950 bits per heavy atom. The summed E-state index contributed by atoms with van der Waals surface area (Å²) in [6.07, 6.45) is -0.140. The second-order valence-corrected chi connectivity index (χ2v) is 5.29. The Balaban J connectivity index is 1.85. The summed E-state index contributed by atoms with van der Waals surface area (Å²) in [6, 6.07) is 4.18. The lowest BCUT2D eigenvalue weighted by Gasteiger charge is -2.20. The third kappa shape index (κ3) is 3.47. The van der Waals surface area contributed by atoms with E-state index in [0.717, 1.165) is 0 Å². The molecule has 0 saturated carbocycles. The second kappa shape index (κ2) is 7.01. The SMILES string of the molecule is CC(CC#N)OC1COC2C1OC[C@@H]2OC(C)CC#N. The summed E-state index contributed by atoms with van der Waals surface area (Å²) in [5.74, 6) is 0. The van der Waals surface area contributed by atoms with E-state index in [4.69, 9.17) is 29.5 Å². The molecule has 20 heavy (non-hydrogen) atoms. The van der Waals surface area contributed by atoms with E-state index in [-0.39, 0.29) is 36.6 Å². The van der Waals surface area contributed by atoms with Gasteiger partial charge in [0.05, 0.1) is 50.4 Å². The number of nitrogens with zero attached hydrogens (tertiary/aromatic N) is 2. The van der Waals surface area contributed by atoms with Crippen LogP contribution in [0.1, 0.15) is 26.7 Å². The molecule has 0 spiro atoms. The summed E-state index contributed by atoms with van der Waals surface area (Å²) in [7, 11) is 0. The standard InChI is InChI=1S/C14H20N2O4/c1-9(3-5-15)19-11-7-17-14-12(8-18-13(11)14)20-10(2)4-6-16/h9-14H,3-4,7-8H2,1-2H3/t9?,10?,11-,12?,13?,14?/m0/s1. The molecule has 0 aliphatic carbocycles. The van der Waals surface area contributed by atoms with Crippen molar-refractivity contribution in [3.63, 3.8) is 0 Å². The lowest BCUT2D eigenvalue weighted by Crippen LogP contribution is -2.36. The van der Waals surface area contributed by atoms with Gasteiger partial charge in [0.2, 0.25) is 0 Å². The van der Waals surface area contributed by atoms with Crippen LogP contribution in [-0.2, 0) is 18.9 Å². The molecule has 6 nitrogen and oxygen atoms in total. The molecular formula is C14H20N2O4.